The molecule has 2 unspecified atom stereocenters. The Kier molecular flexibility index (Phi) is 4.59. The minimum atomic E-state index is -0.799. The zero-order valence-electron chi connectivity index (χ0n) is 15.8. The van der Waals surface area contributed by atoms with Gasteiger partial charge in [0, 0.05) is 19.1 Å². The summed E-state index contributed by atoms with van der Waals surface area (Å²) in [4.78, 5) is 0. The van der Waals surface area contributed by atoms with E-state index in [1.54, 1.807) is 7.11 Å². The first-order valence-corrected chi connectivity index (χ1v) is 9.29. The van der Waals surface area contributed by atoms with Gasteiger partial charge in [0.05, 0.1) is 5.41 Å². The third-order valence-corrected chi connectivity index (χ3v) is 5.46. The van der Waals surface area contributed by atoms with Crippen LogP contribution in [-0.4, -0.2) is 7.11 Å². The van der Waals surface area contributed by atoms with Crippen LogP contribution in [-0.2, 0) is 20.7 Å². The summed E-state index contributed by atoms with van der Waals surface area (Å²) < 4.78 is 12.6. The molecule has 0 amide bonds. The first-order valence-electron chi connectivity index (χ1n) is 9.29. The lowest BCUT2D eigenvalue weighted by Gasteiger charge is -2.28. The molecule has 0 radical (unpaired) electrons. The number of allylic oxidation sites excluding steroid dienone is 1. The molecule has 4 rings (SSSR count). The zero-order valence-corrected chi connectivity index (χ0v) is 15.8. The predicted octanol–water partition coefficient (Wildman–Crippen LogP) is 5.91. The van der Waals surface area contributed by atoms with Crippen molar-refractivity contribution in [3.8, 4) is 0 Å². The number of hydrogen-bond acceptors (Lipinski definition) is 2. The second-order valence-electron chi connectivity index (χ2n) is 7.22. The van der Waals surface area contributed by atoms with Crippen LogP contribution in [0.25, 0.3) is 6.08 Å². The molecule has 0 aromatic heterocycles. The molecule has 1 aliphatic heterocycles. The molecule has 0 N–H and O–H groups in total. The van der Waals surface area contributed by atoms with E-state index in [1.165, 1.54) is 5.56 Å². The van der Waals surface area contributed by atoms with Gasteiger partial charge in [0.1, 0.15) is 5.76 Å². The van der Waals surface area contributed by atoms with Crippen LogP contribution >= 0.6 is 0 Å². The van der Waals surface area contributed by atoms with Gasteiger partial charge < -0.3 is 9.47 Å². The molecule has 0 saturated carbocycles. The zero-order chi connectivity index (χ0) is 18.7. The lowest BCUT2D eigenvalue weighted by molar-refractivity contribution is -0.185. The Morgan fingerprint density at radius 3 is 1.85 bits per heavy atom. The summed E-state index contributed by atoms with van der Waals surface area (Å²) in [5.74, 6) is 0.123. The molecule has 1 fully saturated rings. The maximum absolute atomic E-state index is 6.60. The number of ether oxygens (including phenoxy) is 2. The fourth-order valence-electron chi connectivity index (χ4n) is 3.90. The van der Waals surface area contributed by atoms with Crippen LogP contribution in [0.2, 0.25) is 0 Å². The van der Waals surface area contributed by atoms with E-state index in [4.69, 9.17) is 9.47 Å². The summed E-state index contributed by atoms with van der Waals surface area (Å²) in [6.07, 6.45) is 2.85. The molecule has 136 valence electrons. The van der Waals surface area contributed by atoms with Gasteiger partial charge in [0.15, 0.2) is 0 Å². The molecule has 27 heavy (non-hydrogen) atoms. The molecule has 2 atom stereocenters. The standard InChI is InChI=1S/C25H24O2/c1-24(21-14-8-4-9-15-21)19-25(26-2,22-16-10-5-11-17-22)27-23(24)18-20-12-6-3-7-13-20/h3-18H,19H2,1-2H3/b23-18-. The molecule has 1 heterocycles. The topological polar surface area (TPSA) is 18.5 Å². The van der Waals surface area contributed by atoms with E-state index >= 15 is 0 Å². The van der Waals surface area contributed by atoms with Gasteiger partial charge in [-0.15, -0.1) is 0 Å². The highest BCUT2D eigenvalue weighted by Gasteiger charge is 2.53. The minimum Gasteiger partial charge on any atom is -0.461 e. The SMILES string of the molecule is COC1(c2ccccc2)CC(C)(c2ccccc2)/C(=C/c2ccccc2)O1. The van der Waals surface area contributed by atoms with E-state index in [0.29, 0.717) is 6.42 Å². The van der Waals surface area contributed by atoms with Gasteiger partial charge >= 0.3 is 0 Å². The number of benzene rings is 3. The summed E-state index contributed by atoms with van der Waals surface area (Å²) in [7, 11) is 1.73. The molecule has 3 aromatic rings. The van der Waals surface area contributed by atoms with Crippen LogP contribution < -0.4 is 0 Å². The summed E-state index contributed by atoms with van der Waals surface area (Å²) >= 11 is 0. The lowest BCUT2D eigenvalue weighted by atomic mass is 9.76. The number of hydrogen-bond donors (Lipinski definition) is 0. The average molecular weight is 356 g/mol. The first kappa shape index (κ1) is 17.6. The Labute approximate surface area is 161 Å². The average Bonchev–Trinajstić information content (AvgIpc) is 3.04. The molecule has 1 saturated heterocycles. The van der Waals surface area contributed by atoms with Crippen LogP contribution in [0.4, 0.5) is 0 Å². The highest BCUT2D eigenvalue weighted by atomic mass is 16.7. The van der Waals surface area contributed by atoms with Crippen LogP contribution in [0.1, 0.15) is 30.0 Å². The van der Waals surface area contributed by atoms with Crippen molar-refractivity contribution in [1.82, 2.24) is 0 Å². The quantitative estimate of drug-likeness (QED) is 0.579. The second kappa shape index (κ2) is 7.05. The number of methoxy groups -OCH3 is 1. The first-order chi connectivity index (χ1) is 13.2. The van der Waals surface area contributed by atoms with Gasteiger partial charge in [-0.25, -0.2) is 0 Å². The predicted molar refractivity (Wildman–Crippen MR) is 109 cm³/mol. The van der Waals surface area contributed by atoms with Crippen molar-refractivity contribution >= 4 is 6.08 Å². The van der Waals surface area contributed by atoms with E-state index < -0.39 is 5.79 Å². The number of rotatable bonds is 4. The Morgan fingerprint density at radius 2 is 1.30 bits per heavy atom. The molecule has 2 nitrogen and oxygen atoms in total. The third kappa shape index (κ3) is 3.17. The third-order valence-electron chi connectivity index (χ3n) is 5.46. The van der Waals surface area contributed by atoms with Crippen LogP contribution in [0.3, 0.4) is 0 Å². The van der Waals surface area contributed by atoms with Crippen molar-refractivity contribution in [2.24, 2.45) is 0 Å². The van der Waals surface area contributed by atoms with E-state index in [2.05, 4.69) is 61.5 Å². The molecule has 2 heteroatoms. The van der Waals surface area contributed by atoms with Gasteiger partial charge in [-0.2, -0.15) is 0 Å². The monoisotopic (exact) mass is 356 g/mol. The Hall–Kier alpha value is -2.84. The molecule has 0 bridgehead atoms. The molecule has 0 spiro atoms. The fourth-order valence-corrected chi connectivity index (χ4v) is 3.90. The smallest absolute Gasteiger partial charge is 0.237 e. The Morgan fingerprint density at radius 1 is 0.778 bits per heavy atom. The lowest BCUT2D eigenvalue weighted by Crippen LogP contribution is -2.29. The van der Waals surface area contributed by atoms with Crippen LogP contribution in [0, 0.1) is 0 Å². The highest BCUT2D eigenvalue weighted by molar-refractivity contribution is 5.57. The van der Waals surface area contributed by atoms with Gasteiger partial charge in [0.25, 0.3) is 0 Å². The van der Waals surface area contributed by atoms with E-state index in [9.17, 15) is 0 Å². The van der Waals surface area contributed by atoms with Crippen LogP contribution in [0.15, 0.2) is 96.8 Å². The molecule has 1 aliphatic rings. The van der Waals surface area contributed by atoms with Crippen molar-refractivity contribution in [3.05, 3.63) is 113 Å². The Balaban J connectivity index is 1.86. The minimum absolute atomic E-state index is 0.289. The molecular weight excluding hydrogens is 332 g/mol. The van der Waals surface area contributed by atoms with Gasteiger partial charge in [-0.05, 0) is 24.1 Å². The largest absolute Gasteiger partial charge is 0.461 e. The van der Waals surface area contributed by atoms with E-state index in [-0.39, 0.29) is 5.41 Å². The maximum Gasteiger partial charge on any atom is 0.237 e. The van der Waals surface area contributed by atoms with Crippen LogP contribution in [0.5, 0.6) is 0 Å². The van der Waals surface area contributed by atoms with Crippen molar-refractivity contribution < 1.29 is 9.47 Å². The summed E-state index contributed by atoms with van der Waals surface area (Å²) in [5.41, 5.74) is 3.09. The summed E-state index contributed by atoms with van der Waals surface area (Å²) in [5, 5.41) is 0. The summed E-state index contributed by atoms with van der Waals surface area (Å²) in [6, 6.07) is 31.0. The van der Waals surface area contributed by atoms with Crippen molar-refractivity contribution in [2.75, 3.05) is 7.11 Å². The van der Waals surface area contributed by atoms with E-state index in [0.717, 1.165) is 16.9 Å². The van der Waals surface area contributed by atoms with E-state index in [1.807, 2.05) is 42.5 Å². The van der Waals surface area contributed by atoms with Crippen molar-refractivity contribution in [3.63, 3.8) is 0 Å². The Bertz CT molecular complexity index is 918. The summed E-state index contributed by atoms with van der Waals surface area (Å²) in [6.45, 7) is 2.24. The molecule has 0 aliphatic carbocycles. The van der Waals surface area contributed by atoms with Crippen molar-refractivity contribution in [2.45, 2.75) is 24.5 Å². The second-order valence-corrected chi connectivity index (χ2v) is 7.22. The molecule has 3 aromatic carbocycles. The maximum atomic E-state index is 6.60. The normalized spacial score (nSPS) is 26.1. The molecular formula is C25H24O2. The van der Waals surface area contributed by atoms with Gasteiger partial charge in [-0.1, -0.05) is 91.0 Å². The van der Waals surface area contributed by atoms with Gasteiger partial charge in [0.2, 0.25) is 5.79 Å². The highest BCUT2D eigenvalue weighted by Crippen LogP contribution is 2.54. The van der Waals surface area contributed by atoms with Crippen molar-refractivity contribution in [1.29, 1.82) is 0 Å². The fraction of sp³-hybridized carbons (Fsp3) is 0.200. The van der Waals surface area contributed by atoms with Gasteiger partial charge in [-0.3, -0.25) is 0 Å².